The molecular weight excluding hydrogens is 184 g/mol. The van der Waals surface area contributed by atoms with Crippen LogP contribution in [0.4, 0.5) is 0 Å². The van der Waals surface area contributed by atoms with Gasteiger partial charge in [-0.05, 0) is 38.6 Å². The molecule has 2 heteroatoms. The molecule has 0 saturated carbocycles. The number of hydrogen-bond donors (Lipinski definition) is 1. The Balaban J connectivity index is 2.49. The van der Waals surface area contributed by atoms with E-state index in [1.54, 1.807) is 0 Å². The molecule has 1 aliphatic heterocycles. The number of likely N-dealkylation sites (tertiary alicyclic amines) is 1. The highest BCUT2D eigenvalue weighted by atomic mass is 15.2. The first-order chi connectivity index (χ1) is 7.20. The summed E-state index contributed by atoms with van der Waals surface area (Å²) in [6, 6.07) is 1.35. The maximum absolute atomic E-state index is 5.91. The third-order valence-corrected chi connectivity index (χ3v) is 4.05. The van der Waals surface area contributed by atoms with Crippen molar-refractivity contribution in [2.45, 2.75) is 65.0 Å². The van der Waals surface area contributed by atoms with Gasteiger partial charge in [0.1, 0.15) is 0 Å². The smallest absolute Gasteiger partial charge is 0.0221 e. The summed E-state index contributed by atoms with van der Waals surface area (Å²) >= 11 is 0. The second-order valence-electron chi connectivity index (χ2n) is 5.13. The van der Waals surface area contributed by atoms with Crippen LogP contribution in [-0.2, 0) is 0 Å². The first kappa shape index (κ1) is 13.0. The van der Waals surface area contributed by atoms with Crippen molar-refractivity contribution in [1.29, 1.82) is 0 Å². The summed E-state index contributed by atoms with van der Waals surface area (Å²) in [5.41, 5.74) is 5.91. The Morgan fingerprint density at radius 3 is 2.73 bits per heavy atom. The van der Waals surface area contributed by atoms with E-state index in [9.17, 15) is 0 Å². The lowest BCUT2D eigenvalue weighted by molar-refractivity contribution is 0.0664. The fourth-order valence-corrected chi connectivity index (χ4v) is 2.74. The van der Waals surface area contributed by atoms with E-state index in [4.69, 9.17) is 5.73 Å². The van der Waals surface area contributed by atoms with Gasteiger partial charge >= 0.3 is 0 Å². The van der Waals surface area contributed by atoms with Crippen LogP contribution < -0.4 is 5.73 Å². The third-order valence-electron chi connectivity index (χ3n) is 4.05. The molecule has 1 fully saturated rings. The van der Waals surface area contributed by atoms with E-state index in [2.05, 4.69) is 25.7 Å². The monoisotopic (exact) mass is 212 g/mol. The molecule has 1 aliphatic rings. The van der Waals surface area contributed by atoms with Crippen LogP contribution in [0.2, 0.25) is 0 Å². The number of hydrogen-bond acceptors (Lipinski definition) is 2. The summed E-state index contributed by atoms with van der Waals surface area (Å²) in [5.74, 6) is 0.842. The third kappa shape index (κ3) is 3.46. The summed E-state index contributed by atoms with van der Waals surface area (Å²) in [7, 11) is 0. The number of nitrogens with two attached hydrogens (primary N) is 1. The molecule has 3 atom stereocenters. The molecule has 0 spiro atoms. The zero-order valence-electron chi connectivity index (χ0n) is 10.7. The van der Waals surface area contributed by atoms with Crippen LogP contribution in [0.1, 0.15) is 52.9 Å². The van der Waals surface area contributed by atoms with Crippen LogP contribution in [0.5, 0.6) is 0 Å². The topological polar surface area (TPSA) is 29.3 Å². The maximum atomic E-state index is 5.91. The molecule has 3 unspecified atom stereocenters. The highest BCUT2D eigenvalue weighted by Gasteiger charge is 2.28. The van der Waals surface area contributed by atoms with Gasteiger partial charge in [-0.15, -0.1) is 0 Å². The molecule has 0 radical (unpaired) electrons. The van der Waals surface area contributed by atoms with E-state index in [1.165, 1.54) is 38.6 Å². The maximum Gasteiger partial charge on any atom is 0.0221 e. The molecule has 2 nitrogen and oxygen atoms in total. The summed E-state index contributed by atoms with van der Waals surface area (Å²) in [4.78, 5) is 2.66. The van der Waals surface area contributed by atoms with Gasteiger partial charge in [0.25, 0.3) is 0 Å². The van der Waals surface area contributed by atoms with Crippen LogP contribution in [0, 0.1) is 5.92 Å². The molecule has 1 saturated heterocycles. The van der Waals surface area contributed by atoms with E-state index in [0.717, 1.165) is 18.5 Å². The van der Waals surface area contributed by atoms with E-state index < -0.39 is 0 Å². The molecule has 15 heavy (non-hydrogen) atoms. The molecule has 90 valence electrons. The van der Waals surface area contributed by atoms with E-state index in [-0.39, 0.29) is 0 Å². The molecule has 0 bridgehead atoms. The Morgan fingerprint density at radius 1 is 1.40 bits per heavy atom. The minimum absolute atomic E-state index is 0.628. The molecule has 0 aromatic carbocycles. The van der Waals surface area contributed by atoms with Gasteiger partial charge in [0.2, 0.25) is 0 Å². The number of piperidine rings is 1. The Labute approximate surface area is 95.2 Å². The molecule has 1 rings (SSSR count). The van der Waals surface area contributed by atoms with Crippen molar-refractivity contribution in [2.75, 3.05) is 13.1 Å². The molecule has 2 N–H and O–H groups in total. The summed E-state index contributed by atoms with van der Waals surface area (Å²) in [5, 5.41) is 0. The lowest BCUT2D eigenvalue weighted by Gasteiger charge is -2.42. The van der Waals surface area contributed by atoms with Gasteiger partial charge in [0.05, 0.1) is 0 Å². The molecule has 0 aromatic heterocycles. The minimum Gasteiger partial charge on any atom is -0.329 e. The van der Waals surface area contributed by atoms with Crippen LogP contribution in [0.15, 0.2) is 0 Å². The Kier molecular flexibility index (Phi) is 5.62. The quantitative estimate of drug-likeness (QED) is 0.759. The number of nitrogens with zero attached hydrogens (tertiary/aromatic N) is 1. The van der Waals surface area contributed by atoms with Crippen molar-refractivity contribution in [2.24, 2.45) is 11.7 Å². The largest absolute Gasteiger partial charge is 0.329 e. The second kappa shape index (κ2) is 6.49. The van der Waals surface area contributed by atoms with Crippen LogP contribution >= 0.6 is 0 Å². The normalized spacial score (nSPS) is 30.4. The highest BCUT2D eigenvalue weighted by Crippen LogP contribution is 2.25. The van der Waals surface area contributed by atoms with Crippen molar-refractivity contribution in [3.05, 3.63) is 0 Å². The zero-order chi connectivity index (χ0) is 11.3. The van der Waals surface area contributed by atoms with Crippen LogP contribution in [-0.4, -0.2) is 30.1 Å². The highest BCUT2D eigenvalue weighted by molar-refractivity contribution is 4.84. The first-order valence-corrected chi connectivity index (χ1v) is 6.66. The van der Waals surface area contributed by atoms with Gasteiger partial charge in [0, 0.05) is 18.6 Å². The zero-order valence-corrected chi connectivity index (χ0v) is 10.7. The summed E-state index contributed by atoms with van der Waals surface area (Å²) in [6.07, 6.45) is 6.63. The predicted octanol–water partition coefficient (Wildman–Crippen LogP) is 2.62. The summed E-state index contributed by atoms with van der Waals surface area (Å²) in [6.45, 7) is 9.10. The Morgan fingerprint density at radius 2 is 2.13 bits per heavy atom. The molecule has 1 heterocycles. The van der Waals surface area contributed by atoms with Crippen molar-refractivity contribution in [3.63, 3.8) is 0 Å². The SMILES string of the molecule is CCCCC(CN)N1CCCC(C)C1C. The fourth-order valence-electron chi connectivity index (χ4n) is 2.74. The van der Waals surface area contributed by atoms with Crippen molar-refractivity contribution in [1.82, 2.24) is 4.90 Å². The van der Waals surface area contributed by atoms with Gasteiger partial charge in [-0.2, -0.15) is 0 Å². The van der Waals surface area contributed by atoms with Crippen LogP contribution in [0.25, 0.3) is 0 Å². The second-order valence-corrected chi connectivity index (χ2v) is 5.13. The van der Waals surface area contributed by atoms with Crippen LogP contribution in [0.3, 0.4) is 0 Å². The average molecular weight is 212 g/mol. The summed E-state index contributed by atoms with van der Waals surface area (Å²) < 4.78 is 0. The van der Waals surface area contributed by atoms with Gasteiger partial charge in [0.15, 0.2) is 0 Å². The number of rotatable bonds is 5. The van der Waals surface area contributed by atoms with Gasteiger partial charge < -0.3 is 5.73 Å². The first-order valence-electron chi connectivity index (χ1n) is 6.66. The van der Waals surface area contributed by atoms with Crippen molar-refractivity contribution >= 4 is 0 Å². The Hall–Kier alpha value is -0.0800. The van der Waals surface area contributed by atoms with Crippen molar-refractivity contribution in [3.8, 4) is 0 Å². The minimum atomic E-state index is 0.628. The van der Waals surface area contributed by atoms with Gasteiger partial charge in [-0.3, -0.25) is 4.90 Å². The van der Waals surface area contributed by atoms with E-state index >= 15 is 0 Å². The standard InChI is InChI=1S/C13H28N2/c1-4-5-8-13(10-14)15-9-6-7-11(2)12(15)3/h11-13H,4-10,14H2,1-3H3. The van der Waals surface area contributed by atoms with Gasteiger partial charge in [-0.25, -0.2) is 0 Å². The molecule has 0 aromatic rings. The van der Waals surface area contributed by atoms with Crippen molar-refractivity contribution < 1.29 is 0 Å². The van der Waals surface area contributed by atoms with E-state index in [1.807, 2.05) is 0 Å². The predicted molar refractivity (Wildman–Crippen MR) is 66.9 cm³/mol. The lowest BCUT2D eigenvalue weighted by atomic mass is 9.90. The lowest BCUT2D eigenvalue weighted by Crippen LogP contribution is -2.51. The fraction of sp³-hybridized carbons (Fsp3) is 1.00. The average Bonchev–Trinajstić information content (AvgIpc) is 2.25. The van der Waals surface area contributed by atoms with Gasteiger partial charge in [-0.1, -0.05) is 26.7 Å². The molecular formula is C13H28N2. The number of unbranched alkanes of at least 4 members (excludes halogenated alkanes) is 1. The Bertz CT molecular complexity index is 170. The molecule has 0 aliphatic carbocycles. The van der Waals surface area contributed by atoms with E-state index in [0.29, 0.717) is 6.04 Å². The molecule has 0 amide bonds.